The van der Waals surface area contributed by atoms with Crippen molar-refractivity contribution in [3.8, 4) is 11.8 Å². The van der Waals surface area contributed by atoms with Gasteiger partial charge in [0.2, 0.25) is 0 Å². The molecule has 3 N–H and O–H groups in total. The number of nitrogens with zero attached hydrogens (tertiary/aromatic N) is 3. The zero-order valence-corrected chi connectivity index (χ0v) is 26.1. The topological polar surface area (TPSA) is 141 Å². The molecule has 4 rings (SSSR count). The van der Waals surface area contributed by atoms with Gasteiger partial charge in [-0.2, -0.15) is 17.4 Å². The molecule has 2 aromatic carbocycles. The van der Waals surface area contributed by atoms with Crippen molar-refractivity contribution in [1.29, 1.82) is 0 Å². The zero-order chi connectivity index (χ0) is 32.6. The maximum Gasteiger partial charge on any atom is 0.322 e. The molecule has 45 heavy (non-hydrogen) atoms. The predicted molar refractivity (Wildman–Crippen MR) is 167 cm³/mol. The SMILES string of the molecule is COCc1cc(CNC(=O)c2cc(C#Cc3ccc(N4CCN(S(=O)(=O)N[C@@H](C(=O)O)C(C)C)CC4)cc3)ccn2)ccc1F. The van der Waals surface area contributed by atoms with E-state index in [1.54, 1.807) is 38.1 Å². The molecule has 11 nitrogen and oxygen atoms in total. The molecule has 1 aliphatic heterocycles. The highest BCUT2D eigenvalue weighted by atomic mass is 32.2. The summed E-state index contributed by atoms with van der Waals surface area (Å²) in [6.07, 6.45) is 1.51. The van der Waals surface area contributed by atoms with Gasteiger partial charge in [-0.25, -0.2) is 4.39 Å². The first-order valence-electron chi connectivity index (χ1n) is 14.3. The third kappa shape index (κ3) is 9.09. The number of hydrogen-bond donors (Lipinski definition) is 3. The van der Waals surface area contributed by atoms with E-state index >= 15 is 0 Å². The quantitative estimate of drug-likeness (QED) is 0.273. The Morgan fingerprint density at radius 3 is 2.36 bits per heavy atom. The van der Waals surface area contributed by atoms with Crippen LogP contribution < -0.4 is 14.9 Å². The van der Waals surface area contributed by atoms with Gasteiger partial charge in [0.05, 0.1) is 6.61 Å². The summed E-state index contributed by atoms with van der Waals surface area (Å²) in [7, 11) is -2.45. The van der Waals surface area contributed by atoms with Crippen LogP contribution in [0, 0.1) is 23.6 Å². The lowest BCUT2D eigenvalue weighted by Gasteiger charge is -2.36. The number of carbonyl (C=O) groups excluding carboxylic acids is 1. The Hall–Kier alpha value is -4.35. The predicted octanol–water partition coefficient (Wildman–Crippen LogP) is 2.76. The molecular formula is C32H36FN5O6S. The first-order chi connectivity index (χ1) is 21.5. The van der Waals surface area contributed by atoms with Crippen LogP contribution in [0.5, 0.6) is 0 Å². The second-order valence-electron chi connectivity index (χ2n) is 10.8. The van der Waals surface area contributed by atoms with Gasteiger partial charge in [0.15, 0.2) is 0 Å². The van der Waals surface area contributed by atoms with Crippen LogP contribution in [0.3, 0.4) is 0 Å². The number of aromatic nitrogens is 1. The summed E-state index contributed by atoms with van der Waals surface area (Å²) in [5.41, 5.74) is 3.62. The number of carboxylic acids is 1. The van der Waals surface area contributed by atoms with E-state index in [0.29, 0.717) is 24.2 Å². The Kier molecular flexibility index (Phi) is 11.2. The van der Waals surface area contributed by atoms with Crippen molar-refractivity contribution in [3.05, 3.63) is 94.6 Å². The molecule has 238 valence electrons. The van der Waals surface area contributed by atoms with Crippen molar-refractivity contribution >= 4 is 27.8 Å². The van der Waals surface area contributed by atoms with Gasteiger partial charge in [-0.05, 0) is 60.0 Å². The average molecular weight is 638 g/mol. The fraction of sp³-hybridized carbons (Fsp3) is 0.344. The van der Waals surface area contributed by atoms with E-state index < -0.39 is 28.1 Å². The van der Waals surface area contributed by atoms with E-state index in [4.69, 9.17) is 4.74 Å². The molecule has 1 aromatic heterocycles. The summed E-state index contributed by atoms with van der Waals surface area (Å²) in [4.78, 5) is 30.3. The van der Waals surface area contributed by atoms with E-state index in [-0.39, 0.29) is 43.7 Å². The van der Waals surface area contributed by atoms with Gasteiger partial charge in [0, 0.05) is 68.4 Å². The highest BCUT2D eigenvalue weighted by molar-refractivity contribution is 7.87. The number of rotatable bonds is 11. The van der Waals surface area contributed by atoms with Gasteiger partial charge in [0.25, 0.3) is 16.1 Å². The first-order valence-corrected chi connectivity index (χ1v) is 15.8. The van der Waals surface area contributed by atoms with E-state index in [1.165, 1.54) is 23.7 Å². The molecule has 0 spiro atoms. The number of ether oxygens (including phenoxy) is 1. The van der Waals surface area contributed by atoms with Crippen LogP contribution in [0.1, 0.15) is 46.6 Å². The van der Waals surface area contributed by atoms with E-state index in [1.807, 2.05) is 24.3 Å². The summed E-state index contributed by atoms with van der Waals surface area (Å²) >= 11 is 0. The normalized spacial score (nSPS) is 14.5. The summed E-state index contributed by atoms with van der Waals surface area (Å²) in [5.74, 6) is 3.78. The third-order valence-electron chi connectivity index (χ3n) is 7.23. The minimum Gasteiger partial charge on any atom is -0.480 e. The van der Waals surface area contributed by atoms with Crippen molar-refractivity contribution in [3.63, 3.8) is 0 Å². The van der Waals surface area contributed by atoms with Crippen molar-refractivity contribution in [2.24, 2.45) is 5.92 Å². The molecule has 1 amide bonds. The number of anilines is 1. The molecule has 1 atom stereocenters. The number of carbonyl (C=O) groups is 2. The number of piperazine rings is 1. The summed E-state index contributed by atoms with van der Waals surface area (Å²) in [5, 5.41) is 12.1. The Morgan fingerprint density at radius 2 is 1.71 bits per heavy atom. The van der Waals surface area contributed by atoms with Crippen LogP contribution in [0.15, 0.2) is 60.8 Å². The van der Waals surface area contributed by atoms with E-state index in [2.05, 4.69) is 31.8 Å². The van der Waals surface area contributed by atoms with Gasteiger partial charge in [0.1, 0.15) is 17.6 Å². The number of halogens is 1. The Labute approximate surface area is 262 Å². The molecule has 0 bridgehead atoms. The standard InChI is InChI=1S/C32H36FN5O6S/c1-22(2)30(32(40)41)36-45(42,43)38-16-14-37(15-17-38)27-9-6-23(7-10-27)4-5-24-12-13-34-29(19-24)31(39)35-20-25-8-11-28(33)26(18-25)21-44-3/h6-13,18-19,22,30,36H,14-17,20-21H2,1-3H3,(H,35,39)(H,40,41)/t30-/m1/s1. The highest BCUT2D eigenvalue weighted by Crippen LogP contribution is 2.19. The van der Waals surface area contributed by atoms with Crippen molar-refractivity contribution in [1.82, 2.24) is 19.3 Å². The van der Waals surface area contributed by atoms with Gasteiger partial charge in [-0.15, -0.1) is 0 Å². The number of aliphatic carboxylic acids is 1. The first kappa shape index (κ1) is 33.5. The van der Waals surface area contributed by atoms with Crippen LogP contribution >= 0.6 is 0 Å². The fourth-order valence-electron chi connectivity index (χ4n) is 4.70. The lowest BCUT2D eigenvalue weighted by Crippen LogP contribution is -2.55. The molecule has 0 unspecified atom stereocenters. The summed E-state index contributed by atoms with van der Waals surface area (Å²) in [6.45, 7) is 4.97. The van der Waals surface area contributed by atoms with E-state index in [9.17, 15) is 27.5 Å². The zero-order valence-electron chi connectivity index (χ0n) is 25.3. The average Bonchev–Trinajstić information content (AvgIpc) is 3.03. The number of nitrogens with one attached hydrogen (secondary N) is 2. The molecule has 13 heteroatoms. The summed E-state index contributed by atoms with van der Waals surface area (Å²) < 4.78 is 47.9. The molecule has 1 fully saturated rings. The molecule has 2 heterocycles. The van der Waals surface area contributed by atoms with E-state index in [0.717, 1.165) is 16.8 Å². The van der Waals surface area contributed by atoms with Crippen LogP contribution in [-0.4, -0.2) is 74.0 Å². The number of carboxylic acid groups (broad SMARTS) is 1. The van der Waals surface area contributed by atoms with Crippen LogP contribution in [0.4, 0.5) is 10.1 Å². The van der Waals surface area contributed by atoms with Gasteiger partial charge in [-0.3, -0.25) is 14.6 Å². The minimum absolute atomic E-state index is 0.135. The lowest BCUT2D eigenvalue weighted by atomic mass is 10.1. The van der Waals surface area contributed by atoms with Crippen molar-refractivity contribution in [2.75, 3.05) is 38.2 Å². The fourth-order valence-corrected chi connectivity index (χ4v) is 6.19. The number of hydrogen-bond acceptors (Lipinski definition) is 7. The van der Waals surface area contributed by atoms with Gasteiger partial charge in [-0.1, -0.05) is 31.8 Å². The number of pyridine rings is 1. The second kappa shape index (κ2) is 15.1. The Balaban J connectivity index is 1.32. The molecule has 3 aromatic rings. The molecular weight excluding hydrogens is 601 g/mol. The lowest BCUT2D eigenvalue weighted by molar-refractivity contribution is -0.140. The minimum atomic E-state index is -3.94. The number of amides is 1. The molecule has 1 aliphatic rings. The summed E-state index contributed by atoms with van der Waals surface area (Å²) in [6, 6.07) is 14.2. The van der Waals surface area contributed by atoms with Crippen molar-refractivity contribution < 1.29 is 32.2 Å². The molecule has 1 saturated heterocycles. The van der Waals surface area contributed by atoms with Crippen molar-refractivity contribution in [2.45, 2.75) is 33.0 Å². The number of benzene rings is 2. The smallest absolute Gasteiger partial charge is 0.322 e. The van der Waals surface area contributed by atoms with Gasteiger partial charge >= 0.3 is 5.97 Å². The molecule has 0 radical (unpaired) electrons. The Morgan fingerprint density at radius 1 is 1.02 bits per heavy atom. The largest absolute Gasteiger partial charge is 0.480 e. The Bertz CT molecular complexity index is 1680. The third-order valence-corrected chi connectivity index (χ3v) is 8.82. The van der Waals surface area contributed by atoms with Crippen LogP contribution in [0.25, 0.3) is 0 Å². The van der Waals surface area contributed by atoms with Crippen LogP contribution in [-0.2, 0) is 32.9 Å². The monoisotopic (exact) mass is 637 g/mol. The van der Waals surface area contributed by atoms with Crippen LogP contribution in [0.2, 0.25) is 0 Å². The maximum absolute atomic E-state index is 13.9. The number of methoxy groups -OCH3 is 1. The maximum atomic E-state index is 13.9. The highest BCUT2D eigenvalue weighted by Gasteiger charge is 2.33. The second-order valence-corrected chi connectivity index (χ2v) is 12.5. The molecule has 0 aliphatic carbocycles. The molecule has 0 saturated carbocycles. The van der Waals surface area contributed by atoms with Gasteiger partial charge < -0.3 is 20.1 Å².